The summed E-state index contributed by atoms with van der Waals surface area (Å²) in [5.74, 6) is 0.0604. The summed E-state index contributed by atoms with van der Waals surface area (Å²) in [4.78, 5) is 11.4. The van der Waals surface area contributed by atoms with Crippen LogP contribution < -0.4 is 0 Å². The van der Waals surface area contributed by atoms with Gasteiger partial charge in [-0.3, -0.25) is 0 Å². The lowest BCUT2D eigenvalue weighted by Crippen LogP contribution is -2.12. The van der Waals surface area contributed by atoms with E-state index in [1.165, 1.54) is 32.1 Å². The molecule has 2 saturated carbocycles. The summed E-state index contributed by atoms with van der Waals surface area (Å²) in [6.07, 6.45) is 13.5. The van der Waals surface area contributed by atoms with E-state index in [2.05, 4.69) is 0 Å². The van der Waals surface area contributed by atoms with Crippen molar-refractivity contribution in [3.63, 3.8) is 0 Å². The SMILES string of the molecule is CC(CC1CCCC1)O[P+](=O)CC(=CC1CCCCC1)C(=O)O. The van der Waals surface area contributed by atoms with E-state index in [1.807, 2.05) is 13.0 Å². The van der Waals surface area contributed by atoms with Gasteiger partial charge in [-0.25, -0.2) is 4.79 Å². The van der Waals surface area contributed by atoms with Gasteiger partial charge >= 0.3 is 14.0 Å². The summed E-state index contributed by atoms with van der Waals surface area (Å²) in [6, 6.07) is 0. The van der Waals surface area contributed by atoms with Crippen molar-refractivity contribution in [1.29, 1.82) is 0 Å². The summed E-state index contributed by atoms with van der Waals surface area (Å²) in [6.45, 7) is 1.96. The van der Waals surface area contributed by atoms with E-state index in [-0.39, 0.29) is 17.8 Å². The minimum Gasteiger partial charge on any atom is -0.478 e. The standard InChI is InChI=1S/C18H29O4P/c1-14(11-15-9-5-6-10-15)22-23(21)13-17(18(19)20)12-16-7-3-2-4-8-16/h12,14-16H,2-11,13H2,1H3/p+1. The van der Waals surface area contributed by atoms with Crippen molar-refractivity contribution in [1.82, 2.24) is 0 Å². The summed E-state index contributed by atoms with van der Waals surface area (Å²) >= 11 is 0. The molecule has 2 aliphatic rings. The van der Waals surface area contributed by atoms with Crippen LogP contribution in [0, 0.1) is 11.8 Å². The van der Waals surface area contributed by atoms with Gasteiger partial charge in [-0.15, -0.1) is 4.52 Å². The molecule has 2 atom stereocenters. The van der Waals surface area contributed by atoms with E-state index in [4.69, 9.17) is 4.52 Å². The Morgan fingerprint density at radius 2 is 1.78 bits per heavy atom. The van der Waals surface area contributed by atoms with Crippen LogP contribution in [0.2, 0.25) is 0 Å². The molecule has 23 heavy (non-hydrogen) atoms. The van der Waals surface area contributed by atoms with Crippen LogP contribution >= 0.6 is 8.03 Å². The molecule has 0 radical (unpaired) electrons. The molecule has 4 nitrogen and oxygen atoms in total. The van der Waals surface area contributed by atoms with E-state index in [0.29, 0.717) is 11.8 Å². The monoisotopic (exact) mass is 341 g/mol. The molecule has 0 bridgehead atoms. The minimum atomic E-state index is -1.94. The zero-order chi connectivity index (χ0) is 16.7. The van der Waals surface area contributed by atoms with Crippen molar-refractivity contribution in [3.8, 4) is 0 Å². The molecule has 0 aromatic heterocycles. The van der Waals surface area contributed by atoms with Crippen LogP contribution in [-0.2, 0) is 13.9 Å². The number of rotatable bonds is 8. The molecular weight excluding hydrogens is 311 g/mol. The molecule has 0 aromatic rings. The Morgan fingerprint density at radius 3 is 2.39 bits per heavy atom. The van der Waals surface area contributed by atoms with Gasteiger partial charge in [0.1, 0.15) is 6.10 Å². The first kappa shape index (κ1) is 18.6. The Balaban J connectivity index is 1.82. The van der Waals surface area contributed by atoms with Crippen LogP contribution in [0.15, 0.2) is 11.6 Å². The molecule has 5 heteroatoms. The Bertz CT molecular complexity index is 434. The summed E-state index contributed by atoms with van der Waals surface area (Å²) in [5, 5.41) is 9.36. The first-order valence-electron chi connectivity index (χ1n) is 9.10. The van der Waals surface area contributed by atoms with Gasteiger partial charge in [0.05, 0.1) is 5.57 Å². The quantitative estimate of drug-likeness (QED) is 0.480. The molecule has 2 rings (SSSR count). The van der Waals surface area contributed by atoms with E-state index < -0.39 is 14.0 Å². The summed E-state index contributed by atoms with van der Waals surface area (Å²) in [7, 11) is -1.94. The predicted octanol–water partition coefficient (Wildman–Crippen LogP) is 5.31. The summed E-state index contributed by atoms with van der Waals surface area (Å²) in [5.41, 5.74) is 0.270. The van der Waals surface area contributed by atoms with E-state index in [1.54, 1.807) is 0 Å². The van der Waals surface area contributed by atoms with Crippen molar-refractivity contribution in [2.75, 3.05) is 6.16 Å². The van der Waals surface area contributed by atoms with Gasteiger partial charge in [0.25, 0.3) is 0 Å². The third-order valence-corrected chi connectivity index (χ3v) is 6.29. The van der Waals surface area contributed by atoms with Crippen molar-refractivity contribution < 1.29 is 19.0 Å². The Kier molecular flexibility index (Phi) is 7.72. The van der Waals surface area contributed by atoms with Crippen LogP contribution in [0.3, 0.4) is 0 Å². The average Bonchev–Trinajstić information content (AvgIpc) is 3.00. The fraction of sp³-hybridized carbons (Fsp3) is 0.833. The Hall–Kier alpha value is -0.730. The first-order valence-corrected chi connectivity index (χ1v) is 10.5. The molecule has 0 spiro atoms. The van der Waals surface area contributed by atoms with Crippen LogP contribution in [0.4, 0.5) is 0 Å². The maximum Gasteiger partial charge on any atom is 0.513 e. The van der Waals surface area contributed by atoms with E-state index >= 15 is 0 Å². The second-order valence-corrected chi connectivity index (χ2v) is 8.38. The molecule has 0 saturated heterocycles. The van der Waals surface area contributed by atoms with Crippen molar-refractivity contribution in [3.05, 3.63) is 11.6 Å². The molecule has 0 amide bonds. The average molecular weight is 341 g/mol. The van der Waals surface area contributed by atoms with Crippen LogP contribution in [0.25, 0.3) is 0 Å². The number of allylic oxidation sites excluding steroid dienone is 1. The molecular formula is C18H30O4P+. The number of carbonyl (C=O) groups is 1. The van der Waals surface area contributed by atoms with Crippen LogP contribution in [-0.4, -0.2) is 23.3 Å². The fourth-order valence-corrected chi connectivity index (χ4v) is 4.99. The van der Waals surface area contributed by atoms with Gasteiger partial charge in [0, 0.05) is 0 Å². The third kappa shape index (κ3) is 6.73. The fourth-order valence-electron chi connectivity index (χ4n) is 3.91. The highest BCUT2D eigenvalue weighted by Gasteiger charge is 2.29. The molecule has 0 heterocycles. The van der Waals surface area contributed by atoms with Crippen LogP contribution in [0.1, 0.15) is 71.1 Å². The lowest BCUT2D eigenvalue weighted by atomic mass is 9.88. The first-order chi connectivity index (χ1) is 11.0. The lowest BCUT2D eigenvalue weighted by Gasteiger charge is -2.18. The van der Waals surface area contributed by atoms with Crippen molar-refractivity contribution in [2.24, 2.45) is 11.8 Å². The van der Waals surface area contributed by atoms with Gasteiger partial charge in [-0.05, 0) is 42.6 Å². The number of aliphatic carboxylic acids is 1. The summed E-state index contributed by atoms with van der Waals surface area (Å²) < 4.78 is 17.8. The number of carboxylic acid groups (broad SMARTS) is 1. The smallest absolute Gasteiger partial charge is 0.478 e. The van der Waals surface area contributed by atoms with Gasteiger partial charge in [-0.2, -0.15) is 0 Å². The Labute approximate surface area is 140 Å². The number of hydrogen-bond acceptors (Lipinski definition) is 3. The predicted molar refractivity (Wildman–Crippen MR) is 91.9 cm³/mol. The van der Waals surface area contributed by atoms with E-state index in [0.717, 1.165) is 32.1 Å². The topological polar surface area (TPSA) is 63.6 Å². The highest BCUT2D eigenvalue weighted by Crippen LogP contribution is 2.35. The minimum absolute atomic E-state index is 0.0379. The number of carboxylic acids is 1. The zero-order valence-electron chi connectivity index (χ0n) is 14.2. The maximum absolute atomic E-state index is 12.2. The highest BCUT2D eigenvalue weighted by molar-refractivity contribution is 7.39. The molecule has 2 unspecified atom stereocenters. The maximum atomic E-state index is 12.2. The molecule has 2 aliphatic carbocycles. The van der Waals surface area contributed by atoms with Gasteiger partial charge in [0.15, 0.2) is 0 Å². The third-order valence-electron chi connectivity index (χ3n) is 5.10. The lowest BCUT2D eigenvalue weighted by molar-refractivity contribution is -0.132. The molecule has 1 N–H and O–H groups in total. The second kappa shape index (κ2) is 9.54. The van der Waals surface area contributed by atoms with Crippen molar-refractivity contribution in [2.45, 2.75) is 77.2 Å². The highest BCUT2D eigenvalue weighted by atomic mass is 31.1. The molecule has 130 valence electrons. The zero-order valence-corrected chi connectivity index (χ0v) is 15.1. The Morgan fingerprint density at radius 1 is 1.17 bits per heavy atom. The second-order valence-electron chi connectivity index (χ2n) is 7.19. The van der Waals surface area contributed by atoms with Gasteiger partial charge in [-0.1, -0.05) is 51.0 Å². The van der Waals surface area contributed by atoms with Gasteiger partial charge < -0.3 is 5.11 Å². The van der Waals surface area contributed by atoms with Gasteiger partial charge in [0.2, 0.25) is 6.16 Å². The molecule has 0 aromatic carbocycles. The normalized spacial score (nSPS) is 23.0. The molecule has 2 fully saturated rings. The molecule has 0 aliphatic heterocycles. The van der Waals surface area contributed by atoms with E-state index in [9.17, 15) is 14.5 Å². The van der Waals surface area contributed by atoms with Crippen molar-refractivity contribution >= 4 is 14.0 Å². The largest absolute Gasteiger partial charge is 0.513 e. The van der Waals surface area contributed by atoms with Crippen LogP contribution in [0.5, 0.6) is 0 Å². The number of hydrogen-bond donors (Lipinski definition) is 1.